The van der Waals surface area contributed by atoms with Gasteiger partial charge in [0.05, 0.1) is 21.3 Å². The fourth-order valence-electron chi connectivity index (χ4n) is 3.41. The van der Waals surface area contributed by atoms with E-state index < -0.39 is 6.09 Å². The Balaban J connectivity index is 0.00000182. The Kier molecular flexibility index (Phi) is 5.90. The standard InChI is InChI=1S/C16H18ClN3O2S2.ClH/c17-12-2-1-11(24-12)13-14(18-10-23-13)19-15(21)22-9-16-3-6-20(7-4-16)8-5-16;/h1-2,10H,3-9H2,(H,19,21);1H. The first-order chi connectivity index (χ1) is 11.6. The summed E-state index contributed by atoms with van der Waals surface area (Å²) in [7, 11) is 0. The average Bonchev–Trinajstić information content (AvgIpc) is 3.23. The summed E-state index contributed by atoms with van der Waals surface area (Å²) < 4.78 is 6.26. The highest BCUT2D eigenvalue weighted by Gasteiger charge is 2.40. The van der Waals surface area contributed by atoms with Crippen molar-refractivity contribution in [2.45, 2.75) is 19.3 Å². The second-order valence-electron chi connectivity index (χ2n) is 6.43. The number of piperidine rings is 3. The van der Waals surface area contributed by atoms with E-state index in [-0.39, 0.29) is 17.8 Å². The van der Waals surface area contributed by atoms with Crippen molar-refractivity contribution in [2.75, 3.05) is 31.6 Å². The maximum Gasteiger partial charge on any atom is 0.412 e. The highest BCUT2D eigenvalue weighted by Crippen LogP contribution is 2.41. The Hall–Kier alpha value is -0.860. The molecular formula is C16H19Cl2N3O2S2. The van der Waals surface area contributed by atoms with E-state index in [1.165, 1.54) is 22.7 Å². The summed E-state index contributed by atoms with van der Waals surface area (Å²) in [5, 5.41) is 2.78. The normalized spacial score (nSPS) is 24.6. The van der Waals surface area contributed by atoms with Crippen LogP contribution in [-0.2, 0) is 4.74 Å². The molecule has 0 aromatic carbocycles. The van der Waals surface area contributed by atoms with Gasteiger partial charge in [-0.3, -0.25) is 5.32 Å². The molecule has 1 N–H and O–H groups in total. The van der Waals surface area contributed by atoms with Crippen molar-refractivity contribution >= 4 is 58.6 Å². The van der Waals surface area contributed by atoms with Gasteiger partial charge in [-0.15, -0.1) is 35.1 Å². The minimum atomic E-state index is -0.424. The van der Waals surface area contributed by atoms with E-state index in [2.05, 4.69) is 15.2 Å². The van der Waals surface area contributed by atoms with Crippen molar-refractivity contribution in [1.82, 2.24) is 9.88 Å². The molecule has 5 rings (SSSR count). The highest BCUT2D eigenvalue weighted by molar-refractivity contribution is 7.23. The maximum atomic E-state index is 12.2. The van der Waals surface area contributed by atoms with Gasteiger partial charge in [0.15, 0.2) is 5.82 Å². The van der Waals surface area contributed by atoms with E-state index in [0.29, 0.717) is 12.4 Å². The molecule has 0 saturated carbocycles. The summed E-state index contributed by atoms with van der Waals surface area (Å²) in [6.07, 6.45) is 2.94. The number of hydrogen-bond donors (Lipinski definition) is 1. The summed E-state index contributed by atoms with van der Waals surface area (Å²) in [4.78, 5) is 20.8. The van der Waals surface area contributed by atoms with Crippen molar-refractivity contribution < 1.29 is 9.53 Å². The van der Waals surface area contributed by atoms with Crippen LogP contribution in [0.3, 0.4) is 0 Å². The van der Waals surface area contributed by atoms with Crippen LogP contribution in [0.2, 0.25) is 4.34 Å². The van der Waals surface area contributed by atoms with Crippen LogP contribution >= 0.6 is 46.7 Å². The zero-order valence-corrected chi connectivity index (χ0v) is 16.7. The Bertz CT molecular complexity index is 728. The summed E-state index contributed by atoms with van der Waals surface area (Å²) in [6.45, 7) is 3.87. The molecule has 0 spiro atoms. The number of amides is 1. The number of thiazole rings is 1. The van der Waals surface area contributed by atoms with Gasteiger partial charge in [-0.1, -0.05) is 11.6 Å². The molecule has 9 heteroatoms. The lowest BCUT2D eigenvalue weighted by molar-refractivity contribution is -0.0190. The molecule has 2 aromatic heterocycles. The Morgan fingerprint density at radius 3 is 2.68 bits per heavy atom. The van der Waals surface area contributed by atoms with Gasteiger partial charge in [0.1, 0.15) is 0 Å². The van der Waals surface area contributed by atoms with Crippen molar-refractivity contribution in [3.63, 3.8) is 0 Å². The number of aromatic nitrogens is 1. The van der Waals surface area contributed by atoms with Crippen LogP contribution in [-0.4, -0.2) is 42.2 Å². The molecule has 0 atom stereocenters. The van der Waals surface area contributed by atoms with Crippen LogP contribution in [0, 0.1) is 5.41 Å². The lowest BCUT2D eigenvalue weighted by Gasteiger charge is -2.47. The Morgan fingerprint density at radius 1 is 1.32 bits per heavy atom. The van der Waals surface area contributed by atoms with Crippen molar-refractivity contribution in [3.05, 3.63) is 22.0 Å². The molecule has 3 fully saturated rings. The van der Waals surface area contributed by atoms with Gasteiger partial charge in [0.2, 0.25) is 0 Å². The second kappa shape index (κ2) is 7.80. The fraction of sp³-hybridized carbons (Fsp3) is 0.500. The molecule has 25 heavy (non-hydrogen) atoms. The fourth-order valence-corrected chi connectivity index (χ4v) is 5.33. The maximum absolute atomic E-state index is 12.2. The van der Waals surface area contributed by atoms with Crippen LogP contribution < -0.4 is 5.32 Å². The molecule has 5 heterocycles. The molecule has 136 valence electrons. The second-order valence-corrected chi connectivity index (χ2v) is 9.00. The Morgan fingerprint density at radius 2 is 2.04 bits per heavy atom. The molecule has 3 saturated heterocycles. The smallest absolute Gasteiger partial charge is 0.412 e. The van der Waals surface area contributed by atoms with Gasteiger partial charge < -0.3 is 9.64 Å². The van der Waals surface area contributed by atoms with E-state index >= 15 is 0 Å². The van der Waals surface area contributed by atoms with Crippen LogP contribution in [0.5, 0.6) is 0 Å². The van der Waals surface area contributed by atoms with Crippen LogP contribution in [0.4, 0.5) is 10.6 Å². The van der Waals surface area contributed by atoms with Gasteiger partial charge >= 0.3 is 6.09 Å². The van der Waals surface area contributed by atoms with Gasteiger partial charge in [0.25, 0.3) is 0 Å². The summed E-state index contributed by atoms with van der Waals surface area (Å²) in [6, 6.07) is 3.78. The number of carbonyl (C=O) groups excluding carboxylic acids is 1. The molecule has 0 unspecified atom stereocenters. The minimum Gasteiger partial charge on any atom is -0.449 e. The molecule has 0 radical (unpaired) electrons. The Labute approximate surface area is 165 Å². The van der Waals surface area contributed by atoms with E-state index in [9.17, 15) is 4.79 Å². The van der Waals surface area contributed by atoms with E-state index in [4.69, 9.17) is 16.3 Å². The summed E-state index contributed by atoms with van der Waals surface area (Å²) in [5.74, 6) is 0.541. The SMILES string of the molecule is Cl.O=C(Nc1ncsc1-c1ccc(Cl)s1)OCC12CCN(CC1)CC2. The summed E-state index contributed by atoms with van der Waals surface area (Å²) in [5.41, 5.74) is 1.90. The number of anilines is 1. The lowest BCUT2D eigenvalue weighted by Crippen LogP contribution is -2.50. The zero-order valence-electron chi connectivity index (χ0n) is 13.5. The number of ether oxygens (including phenoxy) is 1. The number of hydrogen-bond acceptors (Lipinski definition) is 6. The number of halogens is 2. The van der Waals surface area contributed by atoms with Crippen molar-refractivity contribution in [1.29, 1.82) is 0 Å². The van der Waals surface area contributed by atoms with Crippen molar-refractivity contribution in [3.8, 4) is 9.75 Å². The third kappa shape index (κ3) is 4.11. The molecular weight excluding hydrogens is 401 g/mol. The number of fused-ring (bicyclic) bond motifs is 3. The molecule has 5 nitrogen and oxygen atoms in total. The molecule has 2 bridgehead atoms. The number of nitrogens with zero attached hydrogens (tertiary/aromatic N) is 2. The largest absolute Gasteiger partial charge is 0.449 e. The quantitative estimate of drug-likeness (QED) is 0.758. The topological polar surface area (TPSA) is 54.5 Å². The lowest BCUT2D eigenvalue weighted by atomic mass is 9.73. The van der Waals surface area contributed by atoms with E-state index in [0.717, 1.165) is 53.0 Å². The first-order valence-electron chi connectivity index (χ1n) is 7.99. The van der Waals surface area contributed by atoms with Gasteiger partial charge in [0, 0.05) is 10.3 Å². The third-order valence-corrected chi connectivity index (χ3v) is 7.21. The molecule has 0 aliphatic carbocycles. The zero-order chi connectivity index (χ0) is 16.6. The van der Waals surface area contributed by atoms with E-state index in [1.807, 2.05) is 12.1 Å². The minimum absolute atomic E-state index is 0. The number of carbonyl (C=O) groups is 1. The van der Waals surface area contributed by atoms with Gasteiger partial charge in [-0.2, -0.15) is 0 Å². The third-order valence-electron chi connectivity index (χ3n) is 4.97. The van der Waals surface area contributed by atoms with Crippen LogP contribution in [0.15, 0.2) is 17.6 Å². The first-order valence-corrected chi connectivity index (χ1v) is 10.1. The monoisotopic (exact) mass is 419 g/mol. The predicted molar refractivity (Wildman–Crippen MR) is 105 cm³/mol. The van der Waals surface area contributed by atoms with Crippen molar-refractivity contribution in [2.24, 2.45) is 5.41 Å². The predicted octanol–water partition coefficient (Wildman–Crippen LogP) is 4.98. The number of nitrogens with one attached hydrogen (secondary N) is 1. The molecule has 1 amide bonds. The first kappa shape index (κ1) is 18.9. The molecule has 3 aliphatic rings. The summed E-state index contributed by atoms with van der Waals surface area (Å²) >= 11 is 8.94. The van der Waals surface area contributed by atoms with E-state index in [1.54, 1.807) is 5.51 Å². The molecule has 2 aromatic rings. The number of thiophene rings is 1. The van der Waals surface area contributed by atoms with Crippen LogP contribution in [0.25, 0.3) is 9.75 Å². The molecule has 3 aliphatic heterocycles. The average molecular weight is 420 g/mol. The highest BCUT2D eigenvalue weighted by atomic mass is 35.5. The van der Waals surface area contributed by atoms with Gasteiger partial charge in [-0.25, -0.2) is 9.78 Å². The number of rotatable bonds is 4. The van der Waals surface area contributed by atoms with Gasteiger partial charge in [-0.05, 0) is 51.0 Å². The van der Waals surface area contributed by atoms with Crippen LogP contribution in [0.1, 0.15) is 19.3 Å².